The summed E-state index contributed by atoms with van der Waals surface area (Å²) < 4.78 is 5.88. The highest BCUT2D eigenvalue weighted by molar-refractivity contribution is 7.18. The first kappa shape index (κ1) is 11.9. The van der Waals surface area contributed by atoms with E-state index in [1.54, 1.807) is 11.3 Å². The van der Waals surface area contributed by atoms with Crippen LogP contribution < -0.4 is 4.90 Å². The maximum Gasteiger partial charge on any atom is 0.225 e. The minimum atomic E-state index is 0.336. The summed E-state index contributed by atoms with van der Waals surface area (Å²) in [7, 11) is 0. The van der Waals surface area contributed by atoms with Gasteiger partial charge in [0.25, 0.3) is 0 Å². The van der Waals surface area contributed by atoms with Gasteiger partial charge in [-0.2, -0.15) is 4.98 Å². The van der Waals surface area contributed by atoms with Crippen molar-refractivity contribution in [3.8, 4) is 0 Å². The Morgan fingerprint density at radius 1 is 1.32 bits per heavy atom. The van der Waals surface area contributed by atoms with Gasteiger partial charge in [-0.15, -0.1) is 11.3 Å². The van der Waals surface area contributed by atoms with Crippen LogP contribution in [0.25, 0.3) is 10.2 Å². The van der Waals surface area contributed by atoms with E-state index in [-0.39, 0.29) is 0 Å². The fourth-order valence-corrected chi connectivity index (χ4v) is 4.12. The normalized spacial score (nSPS) is 26.3. The van der Waals surface area contributed by atoms with Crippen molar-refractivity contribution in [3.63, 3.8) is 0 Å². The van der Waals surface area contributed by atoms with E-state index in [2.05, 4.69) is 27.9 Å². The SMILES string of the molecule is Cc1cc2c(N3CC4CCC(C3)O4)nc(Cl)nc2s1. The molecule has 4 heterocycles. The smallest absolute Gasteiger partial charge is 0.225 e. The molecule has 0 spiro atoms. The molecule has 2 bridgehead atoms. The third-order valence-electron chi connectivity index (χ3n) is 3.81. The van der Waals surface area contributed by atoms with Gasteiger partial charge in [0.2, 0.25) is 5.28 Å². The number of aromatic nitrogens is 2. The molecule has 2 aromatic rings. The molecular formula is C13H14ClN3OS. The van der Waals surface area contributed by atoms with Crippen LogP contribution in [0.1, 0.15) is 17.7 Å². The van der Waals surface area contributed by atoms with E-state index in [1.165, 1.54) is 4.88 Å². The second-order valence-corrected chi connectivity index (χ2v) is 6.83. The Labute approximate surface area is 120 Å². The van der Waals surface area contributed by atoms with Gasteiger partial charge < -0.3 is 9.64 Å². The third-order valence-corrected chi connectivity index (χ3v) is 4.93. The van der Waals surface area contributed by atoms with Crippen molar-refractivity contribution in [1.82, 2.24) is 9.97 Å². The van der Waals surface area contributed by atoms with Gasteiger partial charge in [-0.25, -0.2) is 4.98 Å². The zero-order valence-electron chi connectivity index (χ0n) is 10.6. The molecule has 100 valence electrons. The van der Waals surface area contributed by atoms with E-state index in [0.29, 0.717) is 17.5 Å². The predicted molar refractivity (Wildman–Crippen MR) is 77.3 cm³/mol. The molecule has 0 saturated carbocycles. The van der Waals surface area contributed by atoms with E-state index >= 15 is 0 Å². The van der Waals surface area contributed by atoms with Crippen LogP contribution in [-0.2, 0) is 4.74 Å². The summed E-state index contributed by atoms with van der Waals surface area (Å²) in [5.74, 6) is 0.972. The Bertz CT molecular complexity index is 632. The fraction of sp³-hybridized carbons (Fsp3) is 0.538. The summed E-state index contributed by atoms with van der Waals surface area (Å²) >= 11 is 7.74. The molecule has 0 amide bonds. The van der Waals surface area contributed by atoms with Crippen LogP contribution in [0, 0.1) is 6.92 Å². The zero-order valence-corrected chi connectivity index (χ0v) is 12.2. The van der Waals surface area contributed by atoms with Gasteiger partial charge in [0.15, 0.2) is 0 Å². The monoisotopic (exact) mass is 295 g/mol. The zero-order chi connectivity index (χ0) is 13.0. The summed E-state index contributed by atoms with van der Waals surface area (Å²) in [4.78, 5) is 13.3. The van der Waals surface area contributed by atoms with E-state index in [0.717, 1.165) is 42.0 Å². The molecule has 4 nitrogen and oxygen atoms in total. The van der Waals surface area contributed by atoms with Crippen LogP contribution in [0.3, 0.4) is 0 Å². The topological polar surface area (TPSA) is 38.2 Å². The number of ether oxygens (including phenoxy) is 1. The van der Waals surface area contributed by atoms with Crippen molar-refractivity contribution in [2.24, 2.45) is 0 Å². The number of nitrogens with zero attached hydrogens (tertiary/aromatic N) is 3. The maximum absolute atomic E-state index is 6.07. The van der Waals surface area contributed by atoms with Crippen molar-refractivity contribution in [2.45, 2.75) is 32.0 Å². The van der Waals surface area contributed by atoms with Gasteiger partial charge >= 0.3 is 0 Å². The average molecular weight is 296 g/mol. The number of halogens is 1. The molecule has 0 aliphatic carbocycles. The first-order chi connectivity index (χ1) is 9.19. The Hall–Kier alpha value is -0.910. The van der Waals surface area contributed by atoms with Crippen LogP contribution >= 0.6 is 22.9 Å². The third kappa shape index (κ3) is 2.00. The lowest BCUT2D eigenvalue weighted by atomic mass is 10.2. The minimum absolute atomic E-state index is 0.336. The highest BCUT2D eigenvalue weighted by Crippen LogP contribution is 2.35. The largest absolute Gasteiger partial charge is 0.371 e. The van der Waals surface area contributed by atoms with Crippen molar-refractivity contribution in [1.29, 1.82) is 0 Å². The van der Waals surface area contributed by atoms with Crippen LogP contribution in [-0.4, -0.2) is 35.3 Å². The van der Waals surface area contributed by atoms with Crippen LogP contribution in [0.4, 0.5) is 5.82 Å². The predicted octanol–water partition coefficient (Wildman–Crippen LogP) is 3.02. The number of hydrogen-bond donors (Lipinski definition) is 0. The van der Waals surface area contributed by atoms with Gasteiger partial charge in [0.1, 0.15) is 10.6 Å². The molecule has 0 radical (unpaired) electrons. The van der Waals surface area contributed by atoms with Crippen LogP contribution in [0.5, 0.6) is 0 Å². The quantitative estimate of drug-likeness (QED) is 0.758. The molecule has 6 heteroatoms. The average Bonchev–Trinajstić information content (AvgIpc) is 2.90. The summed E-state index contributed by atoms with van der Waals surface area (Å²) in [6.45, 7) is 3.91. The molecule has 2 unspecified atom stereocenters. The van der Waals surface area contributed by atoms with Crippen molar-refractivity contribution >= 4 is 39.0 Å². The lowest BCUT2D eigenvalue weighted by Gasteiger charge is -2.33. The van der Waals surface area contributed by atoms with Gasteiger partial charge in [-0.05, 0) is 37.4 Å². The Balaban J connectivity index is 1.81. The summed E-state index contributed by atoms with van der Waals surface area (Å²) in [5, 5.41) is 1.45. The molecule has 2 saturated heterocycles. The van der Waals surface area contributed by atoms with Gasteiger partial charge in [-0.3, -0.25) is 0 Å². The molecule has 2 atom stereocenters. The number of hydrogen-bond acceptors (Lipinski definition) is 5. The number of aryl methyl sites for hydroxylation is 1. The molecule has 0 aromatic carbocycles. The Kier molecular flexibility index (Phi) is 2.69. The second-order valence-electron chi connectivity index (χ2n) is 5.25. The van der Waals surface area contributed by atoms with Crippen molar-refractivity contribution in [3.05, 3.63) is 16.2 Å². The number of rotatable bonds is 1. The van der Waals surface area contributed by atoms with E-state index in [4.69, 9.17) is 16.3 Å². The van der Waals surface area contributed by atoms with Gasteiger partial charge in [-0.1, -0.05) is 0 Å². The number of fused-ring (bicyclic) bond motifs is 3. The first-order valence-electron chi connectivity index (χ1n) is 6.53. The molecule has 4 rings (SSSR count). The van der Waals surface area contributed by atoms with Crippen LogP contribution in [0.2, 0.25) is 5.28 Å². The molecule has 2 aromatic heterocycles. The maximum atomic E-state index is 6.07. The Morgan fingerprint density at radius 3 is 2.79 bits per heavy atom. The summed E-state index contributed by atoms with van der Waals surface area (Å²) in [6, 6.07) is 2.16. The molecular weight excluding hydrogens is 282 g/mol. The number of anilines is 1. The minimum Gasteiger partial charge on any atom is -0.371 e. The second kappa shape index (κ2) is 4.30. The molecule has 2 aliphatic rings. The molecule has 19 heavy (non-hydrogen) atoms. The molecule has 2 aliphatic heterocycles. The Morgan fingerprint density at radius 2 is 2.05 bits per heavy atom. The van der Waals surface area contributed by atoms with E-state index in [9.17, 15) is 0 Å². The van der Waals surface area contributed by atoms with E-state index in [1.807, 2.05) is 0 Å². The number of morpholine rings is 1. The van der Waals surface area contributed by atoms with Gasteiger partial charge in [0, 0.05) is 18.0 Å². The summed E-state index contributed by atoms with van der Waals surface area (Å²) in [5.41, 5.74) is 0. The fourth-order valence-electron chi connectivity index (χ4n) is 3.03. The van der Waals surface area contributed by atoms with E-state index < -0.39 is 0 Å². The highest BCUT2D eigenvalue weighted by Gasteiger charge is 2.35. The summed E-state index contributed by atoms with van der Waals surface area (Å²) in [6.07, 6.45) is 3.02. The highest BCUT2D eigenvalue weighted by atomic mass is 35.5. The van der Waals surface area contributed by atoms with Gasteiger partial charge in [0.05, 0.1) is 17.6 Å². The first-order valence-corrected chi connectivity index (χ1v) is 7.72. The lowest BCUT2D eigenvalue weighted by Crippen LogP contribution is -2.43. The molecule has 0 N–H and O–H groups in total. The van der Waals surface area contributed by atoms with Crippen molar-refractivity contribution < 1.29 is 4.74 Å². The number of thiophene rings is 1. The molecule has 2 fully saturated rings. The van der Waals surface area contributed by atoms with Crippen molar-refractivity contribution in [2.75, 3.05) is 18.0 Å². The standard InChI is InChI=1S/C13H14ClN3OS/c1-7-4-10-11(15-13(14)16-12(10)19-7)17-5-8-2-3-9(6-17)18-8/h4,8-9H,2-3,5-6H2,1H3. The van der Waals surface area contributed by atoms with Crippen LogP contribution in [0.15, 0.2) is 6.07 Å². The lowest BCUT2D eigenvalue weighted by molar-refractivity contribution is 0.0303.